The summed E-state index contributed by atoms with van der Waals surface area (Å²) in [6, 6.07) is 26.8. The van der Waals surface area contributed by atoms with Gasteiger partial charge < -0.3 is 4.90 Å². The van der Waals surface area contributed by atoms with Gasteiger partial charge in [-0.1, -0.05) is 79.7 Å². The number of nitrogens with zero attached hydrogens (tertiary/aromatic N) is 3. The Morgan fingerprint density at radius 3 is 2.00 bits per heavy atom. The maximum atomic E-state index is 14.2. The number of hydrogen-bond acceptors (Lipinski definition) is 3. The second kappa shape index (κ2) is 10.5. The molecule has 0 spiro atoms. The summed E-state index contributed by atoms with van der Waals surface area (Å²) in [6.45, 7) is 7.04. The molecule has 0 bridgehead atoms. The molecule has 1 heterocycles. The molecular formula is C29H31N3O2. The van der Waals surface area contributed by atoms with Gasteiger partial charge >= 0.3 is 0 Å². The zero-order valence-corrected chi connectivity index (χ0v) is 20.0. The van der Waals surface area contributed by atoms with Crippen LogP contribution in [0.1, 0.15) is 56.1 Å². The minimum Gasteiger partial charge on any atom is -0.332 e. The summed E-state index contributed by atoms with van der Waals surface area (Å²) in [5, 5.41) is 0.597. The van der Waals surface area contributed by atoms with Crippen LogP contribution in [0.3, 0.4) is 0 Å². The van der Waals surface area contributed by atoms with Crippen molar-refractivity contribution < 1.29 is 4.79 Å². The lowest BCUT2D eigenvalue weighted by atomic mass is 9.89. The van der Waals surface area contributed by atoms with Crippen LogP contribution in [0.25, 0.3) is 10.9 Å². The van der Waals surface area contributed by atoms with Gasteiger partial charge in [0.2, 0.25) is 5.91 Å². The Balaban J connectivity index is 1.82. The van der Waals surface area contributed by atoms with E-state index in [-0.39, 0.29) is 17.5 Å². The van der Waals surface area contributed by atoms with Gasteiger partial charge in [-0.2, -0.15) is 0 Å². The van der Waals surface area contributed by atoms with E-state index in [1.54, 1.807) is 10.6 Å². The average molecular weight is 454 g/mol. The number of hydrogen-bond donors (Lipinski definition) is 0. The van der Waals surface area contributed by atoms with Crippen LogP contribution >= 0.6 is 0 Å². The molecule has 0 fully saturated rings. The van der Waals surface area contributed by atoms with Crippen molar-refractivity contribution in [3.63, 3.8) is 0 Å². The highest BCUT2D eigenvalue weighted by molar-refractivity contribution is 5.87. The number of para-hydroxylation sites is 1. The Kier molecular flexibility index (Phi) is 7.21. The van der Waals surface area contributed by atoms with Crippen molar-refractivity contribution in [1.82, 2.24) is 14.5 Å². The van der Waals surface area contributed by atoms with Crippen molar-refractivity contribution in [3.8, 4) is 0 Å². The first kappa shape index (κ1) is 23.4. The fourth-order valence-corrected chi connectivity index (χ4v) is 4.62. The smallest absolute Gasteiger partial charge is 0.261 e. The van der Waals surface area contributed by atoms with Gasteiger partial charge in [0.15, 0.2) is 0 Å². The molecule has 3 aromatic carbocycles. The van der Waals surface area contributed by atoms with Crippen LogP contribution in [0.2, 0.25) is 0 Å². The molecule has 1 aromatic heterocycles. The Labute approximate surface area is 200 Å². The van der Waals surface area contributed by atoms with Gasteiger partial charge in [0.1, 0.15) is 5.82 Å². The van der Waals surface area contributed by atoms with Crippen molar-refractivity contribution in [2.75, 3.05) is 6.54 Å². The molecule has 0 saturated carbocycles. The Morgan fingerprint density at radius 2 is 1.44 bits per heavy atom. The van der Waals surface area contributed by atoms with E-state index in [1.165, 1.54) is 0 Å². The standard InChI is InChI=1S/C29H31N3O2/c1-4-20-32(21(3)27-30-25-19-13-12-18-24(25)28(33)31(27)5-2)29(34)26(22-14-8-6-9-15-22)23-16-10-7-11-17-23/h6-19,21,26H,4-5,20H2,1-3H3. The van der Waals surface area contributed by atoms with Crippen molar-refractivity contribution in [2.24, 2.45) is 0 Å². The summed E-state index contributed by atoms with van der Waals surface area (Å²) in [4.78, 5) is 34.2. The molecule has 0 N–H and O–H groups in total. The average Bonchev–Trinajstić information content (AvgIpc) is 2.88. The molecule has 0 aliphatic heterocycles. The van der Waals surface area contributed by atoms with Gasteiger partial charge in [-0.3, -0.25) is 14.2 Å². The predicted molar refractivity (Wildman–Crippen MR) is 137 cm³/mol. The number of carbonyl (C=O) groups is 1. The SMILES string of the molecule is CCCN(C(=O)C(c1ccccc1)c1ccccc1)C(C)c1nc2ccccc2c(=O)n1CC. The van der Waals surface area contributed by atoms with Crippen molar-refractivity contribution in [1.29, 1.82) is 0 Å². The molecule has 1 atom stereocenters. The van der Waals surface area contributed by atoms with Crippen molar-refractivity contribution in [3.05, 3.63) is 112 Å². The van der Waals surface area contributed by atoms with E-state index in [2.05, 4.69) is 6.92 Å². The molecule has 4 aromatic rings. The Bertz CT molecular complexity index is 1280. The van der Waals surface area contributed by atoms with Crippen LogP contribution in [0.4, 0.5) is 0 Å². The van der Waals surface area contributed by atoms with Crippen LogP contribution in [0.5, 0.6) is 0 Å². The van der Waals surface area contributed by atoms with E-state index in [1.807, 2.05) is 97.6 Å². The highest BCUT2D eigenvalue weighted by Crippen LogP contribution is 2.31. The summed E-state index contributed by atoms with van der Waals surface area (Å²) in [5.41, 5.74) is 2.49. The fourth-order valence-electron chi connectivity index (χ4n) is 4.62. The number of benzene rings is 3. The molecule has 0 radical (unpaired) electrons. The third-order valence-electron chi connectivity index (χ3n) is 6.31. The zero-order valence-electron chi connectivity index (χ0n) is 20.0. The molecule has 1 unspecified atom stereocenters. The Hall–Kier alpha value is -3.73. The summed E-state index contributed by atoms with van der Waals surface area (Å²) in [6.07, 6.45) is 0.802. The number of aromatic nitrogens is 2. The monoisotopic (exact) mass is 453 g/mol. The highest BCUT2D eigenvalue weighted by Gasteiger charge is 2.32. The number of rotatable bonds is 8. The van der Waals surface area contributed by atoms with Crippen LogP contribution < -0.4 is 5.56 Å². The largest absolute Gasteiger partial charge is 0.332 e. The lowest BCUT2D eigenvalue weighted by Gasteiger charge is -2.33. The summed E-state index contributed by atoms with van der Waals surface area (Å²) >= 11 is 0. The second-order valence-corrected chi connectivity index (χ2v) is 8.50. The molecular weight excluding hydrogens is 422 g/mol. The van der Waals surface area contributed by atoms with Gasteiger partial charge in [0, 0.05) is 13.1 Å². The minimum atomic E-state index is -0.432. The second-order valence-electron chi connectivity index (χ2n) is 8.50. The molecule has 5 heteroatoms. The van der Waals surface area contributed by atoms with Crippen molar-refractivity contribution in [2.45, 2.75) is 45.7 Å². The lowest BCUT2D eigenvalue weighted by Crippen LogP contribution is -2.40. The normalized spacial score (nSPS) is 12.1. The third kappa shape index (κ3) is 4.51. The van der Waals surface area contributed by atoms with E-state index < -0.39 is 5.92 Å². The molecule has 174 valence electrons. The molecule has 4 rings (SSSR count). The molecule has 0 aliphatic rings. The van der Waals surface area contributed by atoms with Crippen LogP contribution in [-0.4, -0.2) is 26.9 Å². The lowest BCUT2D eigenvalue weighted by molar-refractivity contribution is -0.134. The van der Waals surface area contributed by atoms with Crippen LogP contribution in [-0.2, 0) is 11.3 Å². The zero-order chi connectivity index (χ0) is 24.1. The third-order valence-corrected chi connectivity index (χ3v) is 6.31. The van der Waals surface area contributed by atoms with Gasteiger partial charge in [-0.25, -0.2) is 4.98 Å². The predicted octanol–water partition coefficient (Wildman–Crippen LogP) is 5.55. The van der Waals surface area contributed by atoms with E-state index in [9.17, 15) is 9.59 Å². The summed E-state index contributed by atoms with van der Waals surface area (Å²) in [5.74, 6) is 0.198. The molecule has 5 nitrogen and oxygen atoms in total. The summed E-state index contributed by atoms with van der Waals surface area (Å²) < 4.78 is 1.70. The number of fused-ring (bicyclic) bond motifs is 1. The molecule has 0 aliphatic carbocycles. The van der Waals surface area contributed by atoms with Crippen molar-refractivity contribution >= 4 is 16.8 Å². The first-order valence-corrected chi connectivity index (χ1v) is 12.0. The van der Waals surface area contributed by atoms with Gasteiger partial charge in [-0.05, 0) is 43.5 Å². The molecule has 0 saturated heterocycles. The van der Waals surface area contributed by atoms with Gasteiger partial charge in [0.25, 0.3) is 5.56 Å². The molecule has 1 amide bonds. The highest BCUT2D eigenvalue weighted by atomic mass is 16.2. The Morgan fingerprint density at radius 1 is 0.882 bits per heavy atom. The van der Waals surface area contributed by atoms with Crippen LogP contribution in [0, 0.1) is 0 Å². The summed E-state index contributed by atoms with van der Waals surface area (Å²) in [7, 11) is 0. The maximum absolute atomic E-state index is 14.2. The van der Waals surface area contributed by atoms with Gasteiger partial charge in [0.05, 0.1) is 22.9 Å². The first-order valence-electron chi connectivity index (χ1n) is 12.0. The minimum absolute atomic E-state index is 0.0109. The fraction of sp³-hybridized carbons (Fsp3) is 0.276. The van der Waals surface area contributed by atoms with E-state index in [4.69, 9.17) is 4.98 Å². The quantitative estimate of drug-likeness (QED) is 0.352. The maximum Gasteiger partial charge on any atom is 0.261 e. The topological polar surface area (TPSA) is 55.2 Å². The number of amides is 1. The van der Waals surface area contributed by atoms with E-state index in [0.29, 0.717) is 29.8 Å². The first-order chi connectivity index (χ1) is 16.6. The van der Waals surface area contributed by atoms with E-state index >= 15 is 0 Å². The van der Waals surface area contributed by atoms with Gasteiger partial charge in [-0.15, -0.1) is 0 Å². The number of carbonyl (C=O) groups excluding carboxylic acids is 1. The van der Waals surface area contributed by atoms with E-state index in [0.717, 1.165) is 17.5 Å². The van der Waals surface area contributed by atoms with Crippen LogP contribution in [0.15, 0.2) is 89.7 Å². The molecule has 34 heavy (non-hydrogen) atoms.